The molecule has 1 aliphatic rings. The van der Waals surface area contributed by atoms with Gasteiger partial charge in [0.2, 0.25) is 5.91 Å². The summed E-state index contributed by atoms with van der Waals surface area (Å²) in [6.07, 6.45) is 0. The second-order valence-corrected chi connectivity index (χ2v) is 6.84. The van der Waals surface area contributed by atoms with Crippen molar-refractivity contribution in [2.45, 2.75) is 39.2 Å². The van der Waals surface area contributed by atoms with Crippen molar-refractivity contribution >= 4 is 11.6 Å². The van der Waals surface area contributed by atoms with Gasteiger partial charge in [-0.05, 0) is 50.5 Å². The average molecular weight is 308 g/mol. The van der Waals surface area contributed by atoms with Crippen LogP contribution >= 0.6 is 0 Å². The third-order valence-corrected chi connectivity index (χ3v) is 4.84. The number of aryl methyl sites for hydroxylation is 1. The number of anilines is 1. The van der Waals surface area contributed by atoms with E-state index < -0.39 is 5.41 Å². The normalized spacial score (nSPS) is 17.3. The van der Waals surface area contributed by atoms with E-state index in [1.807, 2.05) is 43.9 Å². The van der Waals surface area contributed by atoms with Gasteiger partial charge in [0.05, 0.1) is 11.5 Å². The number of likely N-dealkylation sites (N-methyl/N-ethyl adjacent to an activating group) is 1. The molecule has 1 aliphatic heterocycles. The zero-order valence-corrected chi connectivity index (χ0v) is 14.3. The molecule has 0 spiro atoms. The first-order valence-corrected chi connectivity index (χ1v) is 8.14. The molecule has 3 rings (SSSR count). The lowest BCUT2D eigenvalue weighted by Gasteiger charge is -2.19. The van der Waals surface area contributed by atoms with Gasteiger partial charge in [-0.15, -0.1) is 0 Å². The summed E-state index contributed by atoms with van der Waals surface area (Å²) in [6.45, 7) is 8.76. The van der Waals surface area contributed by atoms with Crippen LogP contribution in [-0.2, 0) is 10.2 Å². The summed E-state index contributed by atoms with van der Waals surface area (Å²) in [5, 5.41) is 0. The van der Waals surface area contributed by atoms with E-state index >= 15 is 0 Å². The molecule has 120 valence electrons. The van der Waals surface area contributed by atoms with Crippen LogP contribution in [-0.4, -0.2) is 12.5 Å². The molecular weight excluding hydrogens is 284 g/mol. The third-order valence-electron chi connectivity index (χ3n) is 4.84. The Morgan fingerprint density at radius 2 is 1.83 bits per heavy atom. The second kappa shape index (κ2) is 5.50. The number of fused-ring (bicyclic) bond motifs is 1. The van der Waals surface area contributed by atoms with Gasteiger partial charge < -0.3 is 10.6 Å². The molecule has 2 aromatic rings. The fraction of sp³-hybridized carbons (Fsp3) is 0.350. The number of carbonyl (C=O) groups excluding carboxylic acids is 1. The van der Waals surface area contributed by atoms with Crippen molar-refractivity contribution in [2.75, 3.05) is 11.4 Å². The van der Waals surface area contributed by atoms with Crippen LogP contribution in [0, 0.1) is 6.92 Å². The number of hydrogen-bond acceptors (Lipinski definition) is 2. The number of benzene rings is 2. The van der Waals surface area contributed by atoms with Gasteiger partial charge in [0.1, 0.15) is 0 Å². The third kappa shape index (κ3) is 2.45. The van der Waals surface area contributed by atoms with Gasteiger partial charge in [0, 0.05) is 12.2 Å². The topological polar surface area (TPSA) is 46.3 Å². The van der Waals surface area contributed by atoms with Gasteiger partial charge >= 0.3 is 0 Å². The monoisotopic (exact) mass is 308 g/mol. The summed E-state index contributed by atoms with van der Waals surface area (Å²) < 4.78 is 0. The maximum Gasteiger partial charge on any atom is 0.237 e. The lowest BCUT2D eigenvalue weighted by atomic mass is 9.84. The largest absolute Gasteiger partial charge is 0.320 e. The molecule has 0 aromatic heterocycles. The van der Waals surface area contributed by atoms with Crippen LogP contribution in [0.5, 0.6) is 0 Å². The molecule has 0 bridgehead atoms. The Morgan fingerprint density at radius 3 is 2.48 bits per heavy atom. The maximum absolute atomic E-state index is 12.6. The van der Waals surface area contributed by atoms with Crippen LogP contribution in [0.4, 0.5) is 5.69 Å². The Labute approximate surface area is 138 Å². The summed E-state index contributed by atoms with van der Waals surface area (Å²) in [5.74, 6) is 0.163. The van der Waals surface area contributed by atoms with E-state index in [1.165, 1.54) is 5.56 Å². The average Bonchev–Trinajstić information content (AvgIpc) is 2.73. The molecule has 2 aromatic carbocycles. The van der Waals surface area contributed by atoms with Crippen molar-refractivity contribution < 1.29 is 4.79 Å². The van der Waals surface area contributed by atoms with E-state index in [1.54, 1.807) is 0 Å². The van der Waals surface area contributed by atoms with E-state index in [2.05, 4.69) is 31.2 Å². The van der Waals surface area contributed by atoms with Crippen molar-refractivity contribution in [3.8, 4) is 0 Å². The molecule has 0 saturated heterocycles. The highest BCUT2D eigenvalue weighted by atomic mass is 16.2. The van der Waals surface area contributed by atoms with Gasteiger partial charge in [-0.1, -0.05) is 42.0 Å². The van der Waals surface area contributed by atoms with Crippen LogP contribution in [0.15, 0.2) is 42.5 Å². The molecule has 1 atom stereocenters. The van der Waals surface area contributed by atoms with Crippen molar-refractivity contribution in [1.29, 1.82) is 0 Å². The number of nitrogens with zero attached hydrogens (tertiary/aromatic N) is 1. The van der Waals surface area contributed by atoms with Crippen LogP contribution in [0.2, 0.25) is 0 Å². The van der Waals surface area contributed by atoms with E-state index in [0.29, 0.717) is 6.54 Å². The lowest BCUT2D eigenvalue weighted by Crippen LogP contribution is -2.35. The maximum atomic E-state index is 12.6. The zero-order chi connectivity index (χ0) is 16.8. The Bertz CT molecular complexity index is 764. The first kappa shape index (κ1) is 15.8. The molecular formula is C20H24N2O. The summed E-state index contributed by atoms with van der Waals surface area (Å²) in [4.78, 5) is 14.5. The molecule has 1 heterocycles. The number of rotatable bonds is 3. The minimum Gasteiger partial charge on any atom is -0.320 e. The number of carbonyl (C=O) groups is 1. The Hall–Kier alpha value is -2.13. The van der Waals surface area contributed by atoms with Crippen molar-refractivity contribution in [1.82, 2.24) is 0 Å². The Morgan fingerprint density at radius 1 is 1.13 bits per heavy atom. The quantitative estimate of drug-likeness (QED) is 0.940. The fourth-order valence-corrected chi connectivity index (χ4v) is 3.42. The smallest absolute Gasteiger partial charge is 0.237 e. The molecule has 1 amide bonds. The SMILES string of the molecule is CCN1C(=O)C(C)(C)c2cc(C(N)c3cccc(C)c3)ccc21. The minimum absolute atomic E-state index is 0.163. The van der Waals surface area contributed by atoms with Gasteiger partial charge in [-0.2, -0.15) is 0 Å². The van der Waals surface area contributed by atoms with Gasteiger partial charge in [-0.25, -0.2) is 0 Å². The summed E-state index contributed by atoms with van der Waals surface area (Å²) in [5.41, 5.74) is 11.4. The molecule has 3 heteroatoms. The molecule has 3 nitrogen and oxygen atoms in total. The number of nitrogens with two attached hydrogens (primary N) is 1. The van der Waals surface area contributed by atoms with Crippen molar-refractivity contribution in [3.63, 3.8) is 0 Å². The molecule has 2 N–H and O–H groups in total. The van der Waals surface area contributed by atoms with E-state index in [9.17, 15) is 4.79 Å². The van der Waals surface area contributed by atoms with Crippen LogP contribution < -0.4 is 10.6 Å². The highest BCUT2D eigenvalue weighted by Crippen LogP contribution is 2.42. The second-order valence-electron chi connectivity index (χ2n) is 6.84. The lowest BCUT2D eigenvalue weighted by molar-refractivity contribution is -0.122. The summed E-state index contributed by atoms with van der Waals surface area (Å²) >= 11 is 0. The number of hydrogen-bond donors (Lipinski definition) is 1. The Kier molecular flexibility index (Phi) is 3.77. The molecule has 0 saturated carbocycles. The Balaban J connectivity index is 2.05. The van der Waals surface area contributed by atoms with Crippen LogP contribution in [0.25, 0.3) is 0 Å². The van der Waals surface area contributed by atoms with Crippen molar-refractivity contribution in [2.24, 2.45) is 5.73 Å². The van der Waals surface area contributed by atoms with E-state index in [0.717, 1.165) is 22.4 Å². The van der Waals surface area contributed by atoms with Crippen LogP contribution in [0.3, 0.4) is 0 Å². The zero-order valence-electron chi connectivity index (χ0n) is 14.3. The molecule has 0 aliphatic carbocycles. The predicted octanol–water partition coefficient (Wildman–Crippen LogP) is 3.69. The summed E-state index contributed by atoms with van der Waals surface area (Å²) in [6, 6.07) is 14.3. The molecule has 1 unspecified atom stereocenters. The fourth-order valence-electron chi connectivity index (χ4n) is 3.42. The standard InChI is InChI=1S/C20H24N2O/c1-5-22-17-10-9-15(12-16(17)20(3,4)19(22)23)18(21)14-8-6-7-13(2)11-14/h6-12,18H,5,21H2,1-4H3. The van der Waals surface area contributed by atoms with Crippen molar-refractivity contribution in [3.05, 3.63) is 64.7 Å². The first-order chi connectivity index (χ1) is 10.9. The highest BCUT2D eigenvalue weighted by molar-refractivity contribution is 6.07. The van der Waals surface area contributed by atoms with Gasteiger partial charge in [-0.3, -0.25) is 4.79 Å². The van der Waals surface area contributed by atoms with E-state index in [-0.39, 0.29) is 11.9 Å². The first-order valence-electron chi connectivity index (χ1n) is 8.14. The van der Waals surface area contributed by atoms with Gasteiger partial charge in [0.15, 0.2) is 0 Å². The van der Waals surface area contributed by atoms with Crippen LogP contribution in [0.1, 0.15) is 49.1 Å². The predicted molar refractivity (Wildman–Crippen MR) is 94.7 cm³/mol. The highest BCUT2D eigenvalue weighted by Gasteiger charge is 2.43. The molecule has 0 fully saturated rings. The van der Waals surface area contributed by atoms with Gasteiger partial charge in [0.25, 0.3) is 0 Å². The minimum atomic E-state index is -0.492. The molecule has 0 radical (unpaired) electrons. The van der Waals surface area contributed by atoms with E-state index in [4.69, 9.17) is 5.73 Å². The number of amides is 1. The molecule has 23 heavy (non-hydrogen) atoms. The summed E-state index contributed by atoms with van der Waals surface area (Å²) in [7, 11) is 0.